The highest BCUT2D eigenvalue weighted by Gasteiger charge is 2.28. The lowest BCUT2D eigenvalue weighted by Crippen LogP contribution is -2.04. The maximum absolute atomic E-state index is 3.81. The summed E-state index contributed by atoms with van der Waals surface area (Å²) >= 11 is 3.81. The van der Waals surface area contributed by atoms with Gasteiger partial charge in [-0.25, -0.2) is 0 Å². The van der Waals surface area contributed by atoms with Gasteiger partial charge in [-0.2, -0.15) is 0 Å². The normalized spacial score (nSPS) is 17.8. The van der Waals surface area contributed by atoms with Crippen molar-refractivity contribution in [2.75, 3.05) is 0 Å². The molecule has 1 unspecified atom stereocenters. The monoisotopic (exact) mass is 266 g/mol. The van der Waals surface area contributed by atoms with Gasteiger partial charge in [0.1, 0.15) is 0 Å². The zero-order valence-corrected chi connectivity index (χ0v) is 11.2. The minimum Gasteiger partial charge on any atom is -0.0888 e. The Bertz CT molecular complexity index is 319. The molecule has 1 fully saturated rings. The van der Waals surface area contributed by atoms with Crippen molar-refractivity contribution in [3.05, 3.63) is 34.9 Å². The van der Waals surface area contributed by atoms with Crippen LogP contribution in [0.15, 0.2) is 18.2 Å². The van der Waals surface area contributed by atoms with Crippen LogP contribution < -0.4 is 0 Å². The van der Waals surface area contributed by atoms with Crippen molar-refractivity contribution in [2.45, 2.75) is 44.4 Å². The Labute approximate surface area is 101 Å². The van der Waals surface area contributed by atoms with E-state index in [1.807, 2.05) is 0 Å². The summed E-state index contributed by atoms with van der Waals surface area (Å²) < 4.78 is 0. The molecule has 0 amide bonds. The van der Waals surface area contributed by atoms with Gasteiger partial charge in [-0.15, -0.1) is 0 Å². The number of hydrogen-bond acceptors (Lipinski definition) is 0. The van der Waals surface area contributed by atoms with Crippen LogP contribution in [0, 0.1) is 19.8 Å². The summed E-state index contributed by atoms with van der Waals surface area (Å²) in [5.41, 5.74) is 4.46. The molecule has 0 nitrogen and oxygen atoms in total. The molecule has 1 saturated carbocycles. The van der Waals surface area contributed by atoms with Gasteiger partial charge in [0.2, 0.25) is 0 Å². The third-order valence-corrected chi connectivity index (χ3v) is 4.65. The van der Waals surface area contributed by atoms with E-state index in [4.69, 9.17) is 0 Å². The lowest BCUT2D eigenvalue weighted by molar-refractivity contribution is 0.693. The molecular formula is C14H19Br. The number of alkyl halides is 1. The molecule has 0 aliphatic heterocycles. The van der Waals surface area contributed by atoms with Crippen molar-refractivity contribution in [2.24, 2.45) is 5.92 Å². The minimum absolute atomic E-state index is 0.747. The SMILES string of the molecule is Cc1cccc(C)c1CCC(Br)C1CC1. The number of rotatable bonds is 4. The first-order chi connectivity index (χ1) is 7.18. The van der Waals surface area contributed by atoms with Crippen LogP contribution >= 0.6 is 15.9 Å². The van der Waals surface area contributed by atoms with E-state index in [2.05, 4.69) is 48.0 Å². The van der Waals surface area contributed by atoms with Crippen molar-refractivity contribution in [1.82, 2.24) is 0 Å². The summed E-state index contributed by atoms with van der Waals surface area (Å²) in [4.78, 5) is 0.747. The molecule has 0 bridgehead atoms. The molecule has 0 N–H and O–H groups in total. The molecule has 1 aliphatic rings. The highest BCUT2D eigenvalue weighted by Crippen LogP contribution is 2.38. The van der Waals surface area contributed by atoms with Gasteiger partial charge in [-0.1, -0.05) is 34.1 Å². The summed E-state index contributed by atoms with van der Waals surface area (Å²) in [6.07, 6.45) is 5.38. The molecule has 0 aromatic heterocycles. The van der Waals surface area contributed by atoms with E-state index in [0.717, 1.165) is 10.7 Å². The first-order valence-electron chi connectivity index (χ1n) is 5.87. The van der Waals surface area contributed by atoms with Crippen LogP contribution in [0.4, 0.5) is 0 Å². The van der Waals surface area contributed by atoms with Gasteiger partial charge >= 0.3 is 0 Å². The number of halogens is 1. The maximum Gasteiger partial charge on any atom is 0.0177 e. The number of benzene rings is 1. The van der Waals surface area contributed by atoms with Gasteiger partial charge in [-0.05, 0) is 62.1 Å². The molecule has 1 atom stereocenters. The molecule has 82 valence electrons. The van der Waals surface area contributed by atoms with Crippen LogP contribution in [0.2, 0.25) is 0 Å². The van der Waals surface area contributed by atoms with Crippen LogP contribution in [-0.2, 0) is 6.42 Å². The van der Waals surface area contributed by atoms with E-state index in [9.17, 15) is 0 Å². The Balaban J connectivity index is 1.97. The Hall–Kier alpha value is -0.300. The van der Waals surface area contributed by atoms with Crippen molar-refractivity contribution < 1.29 is 0 Å². The second-order valence-electron chi connectivity index (χ2n) is 4.76. The van der Waals surface area contributed by atoms with E-state index in [0.29, 0.717) is 0 Å². The zero-order chi connectivity index (χ0) is 10.8. The highest BCUT2D eigenvalue weighted by molar-refractivity contribution is 9.09. The van der Waals surface area contributed by atoms with E-state index in [1.165, 1.54) is 36.8 Å². The predicted octanol–water partition coefficient (Wildman–Crippen LogP) is 4.41. The van der Waals surface area contributed by atoms with Gasteiger partial charge in [-0.3, -0.25) is 0 Å². The fourth-order valence-electron chi connectivity index (χ4n) is 2.22. The molecule has 1 aromatic rings. The van der Waals surface area contributed by atoms with Crippen molar-refractivity contribution in [1.29, 1.82) is 0 Å². The average Bonchev–Trinajstić information content (AvgIpc) is 2.99. The first-order valence-corrected chi connectivity index (χ1v) is 6.79. The smallest absolute Gasteiger partial charge is 0.0177 e. The highest BCUT2D eigenvalue weighted by atomic mass is 79.9. The third kappa shape index (κ3) is 2.84. The number of hydrogen-bond donors (Lipinski definition) is 0. The molecule has 1 aromatic carbocycles. The van der Waals surface area contributed by atoms with E-state index < -0.39 is 0 Å². The molecule has 1 aliphatic carbocycles. The van der Waals surface area contributed by atoms with E-state index in [-0.39, 0.29) is 0 Å². The zero-order valence-electron chi connectivity index (χ0n) is 9.59. The summed E-state index contributed by atoms with van der Waals surface area (Å²) in [5.74, 6) is 0.967. The fraction of sp³-hybridized carbons (Fsp3) is 0.571. The van der Waals surface area contributed by atoms with Gasteiger partial charge < -0.3 is 0 Å². The largest absolute Gasteiger partial charge is 0.0888 e. The summed E-state index contributed by atoms with van der Waals surface area (Å²) in [5, 5.41) is 0. The third-order valence-electron chi connectivity index (χ3n) is 3.45. The van der Waals surface area contributed by atoms with E-state index in [1.54, 1.807) is 5.56 Å². The Morgan fingerprint density at radius 1 is 1.27 bits per heavy atom. The van der Waals surface area contributed by atoms with Gasteiger partial charge in [0.05, 0.1) is 0 Å². The molecular weight excluding hydrogens is 248 g/mol. The maximum atomic E-state index is 3.81. The van der Waals surface area contributed by atoms with Crippen LogP contribution in [0.25, 0.3) is 0 Å². The molecule has 0 heterocycles. The van der Waals surface area contributed by atoms with Crippen LogP contribution in [0.3, 0.4) is 0 Å². The summed E-state index contributed by atoms with van der Waals surface area (Å²) in [6.45, 7) is 4.45. The van der Waals surface area contributed by atoms with Gasteiger partial charge in [0.15, 0.2) is 0 Å². The molecule has 0 radical (unpaired) electrons. The predicted molar refractivity (Wildman–Crippen MR) is 69.7 cm³/mol. The Morgan fingerprint density at radius 3 is 2.40 bits per heavy atom. The topological polar surface area (TPSA) is 0 Å². The van der Waals surface area contributed by atoms with Crippen molar-refractivity contribution >= 4 is 15.9 Å². The number of aryl methyl sites for hydroxylation is 2. The standard InChI is InChI=1S/C14H19Br/c1-10-4-3-5-11(2)13(10)8-9-14(15)12-6-7-12/h3-5,12,14H,6-9H2,1-2H3. The fourth-order valence-corrected chi connectivity index (χ4v) is 2.98. The summed E-state index contributed by atoms with van der Waals surface area (Å²) in [6, 6.07) is 6.60. The van der Waals surface area contributed by atoms with Crippen molar-refractivity contribution in [3.63, 3.8) is 0 Å². The first kappa shape index (κ1) is 11.2. The molecule has 15 heavy (non-hydrogen) atoms. The van der Waals surface area contributed by atoms with Crippen LogP contribution in [0.5, 0.6) is 0 Å². The van der Waals surface area contributed by atoms with Crippen LogP contribution in [-0.4, -0.2) is 4.83 Å². The van der Waals surface area contributed by atoms with Gasteiger partial charge in [0.25, 0.3) is 0 Å². The Morgan fingerprint density at radius 2 is 1.87 bits per heavy atom. The molecule has 0 saturated heterocycles. The van der Waals surface area contributed by atoms with Gasteiger partial charge in [0, 0.05) is 4.83 Å². The minimum atomic E-state index is 0.747. The molecule has 1 heteroatoms. The summed E-state index contributed by atoms with van der Waals surface area (Å²) in [7, 11) is 0. The van der Waals surface area contributed by atoms with E-state index >= 15 is 0 Å². The second kappa shape index (κ2) is 4.69. The second-order valence-corrected chi connectivity index (χ2v) is 5.94. The lowest BCUT2D eigenvalue weighted by Gasteiger charge is -2.12. The quantitative estimate of drug-likeness (QED) is 0.709. The average molecular weight is 267 g/mol. The van der Waals surface area contributed by atoms with Crippen molar-refractivity contribution in [3.8, 4) is 0 Å². The molecule has 0 spiro atoms. The lowest BCUT2D eigenvalue weighted by atomic mass is 9.97. The van der Waals surface area contributed by atoms with Crippen LogP contribution in [0.1, 0.15) is 36.0 Å². The molecule has 2 rings (SSSR count). The Kier molecular flexibility index (Phi) is 3.50.